The molecule has 0 aliphatic rings. The van der Waals surface area contributed by atoms with E-state index in [-0.39, 0.29) is 0 Å². The molecule has 5 heteroatoms. The number of hydrogen-bond donors (Lipinski definition) is 2. The van der Waals surface area contributed by atoms with E-state index < -0.39 is 0 Å². The lowest BCUT2D eigenvalue weighted by Crippen LogP contribution is -2.01. The van der Waals surface area contributed by atoms with Crippen molar-refractivity contribution in [2.45, 2.75) is 6.92 Å². The van der Waals surface area contributed by atoms with Crippen LogP contribution in [0.3, 0.4) is 0 Å². The first-order valence-corrected chi connectivity index (χ1v) is 6.09. The summed E-state index contributed by atoms with van der Waals surface area (Å²) >= 11 is 3.47. The minimum absolute atomic E-state index is 0.354. The van der Waals surface area contributed by atoms with E-state index in [1.807, 2.05) is 31.2 Å². The standard InChI is InChI=1S/C13H11BrN4/c1-8-2-3-11(10(14)6-8)18-13-12(16)9(7-15)4-5-17-13/h2-6H,16H2,1H3,(H,17,18). The molecule has 4 nitrogen and oxygen atoms in total. The molecule has 0 atom stereocenters. The maximum Gasteiger partial charge on any atom is 0.154 e. The van der Waals surface area contributed by atoms with Gasteiger partial charge in [-0.2, -0.15) is 5.26 Å². The fraction of sp³-hybridized carbons (Fsp3) is 0.0769. The van der Waals surface area contributed by atoms with Gasteiger partial charge in [0.1, 0.15) is 6.07 Å². The number of nitriles is 1. The van der Waals surface area contributed by atoms with E-state index in [0.717, 1.165) is 15.7 Å². The van der Waals surface area contributed by atoms with Crippen molar-refractivity contribution >= 4 is 33.1 Å². The topological polar surface area (TPSA) is 74.7 Å². The molecule has 1 aromatic carbocycles. The van der Waals surface area contributed by atoms with Crippen molar-refractivity contribution in [1.82, 2.24) is 4.98 Å². The van der Waals surface area contributed by atoms with Gasteiger partial charge in [0, 0.05) is 10.7 Å². The highest BCUT2D eigenvalue weighted by Gasteiger charge is 2.07. The highest BCUT2D eigenvalue weighted by Crippen LogP contribution is 2.29. The molecule has 2 rings (SSSR count). The van der Waals surface area contributed by atoms with Gasteiger partial charge in [-0.15, -0.1) is 0 Å². The molecular formula is C13H11BrN4. The van der Waals surface area contributed by atoms with E-state index in [9.17, 15) is 0 Å². The van der Waals surface area contributed by atoms with Gasteiger partial charge in [0.2, 0.25) is 0 Å². The molecule has 0 spiro atoms. The summed E-state index contributed by atoms with van der Waals surface area (Å²) in [6.07, 6.45) is 1.55. The Labute approximate surface area is 114 Å². The third-order valence-corrected chi connectivity index (χ3v) is 3.14. The molecule has 0 radical (unpaired) electrons. The summed E-state index contributed by atoms with van der Waals surface area (Å²) < 4.78 is 0.922. The van der Waals surface area contributed by atoms with Gasteiger partial charge in [-0.1, -0.05) is 6.07 Å². The zero-order valence-corrected chi connectivity index (χ0v) is 11.3. The van der Waals surface area contributed by atoms with E-state index >= 15 is 0 Å². The van der Waals surface area contributed by atoms with Crippen LogP contribution in [0, 0.1) is 18.3 Å². The second-order valence-electron chi connectivity index (χ2n) is 3.84. The van der Waals surface area contributed by atoms with Crippen molar-refractivity contribution in [2.75, 3.05) is 11.1 Å². The number of pyridine rings is 1. The second kappa shape index (κ2) is 5.07. The monoisotopic (exact) mass is 302 g/mol. The van der Waals surface area contributed by atoms with Crippen molar-refractivity contribution in [1.29, 1.82) is 5.26 Å². The third-order valence-electron chi connectivity index (χ3n) is 2.49. The quantitative estimate of drug-likeness (QED) is 0.892. The molecule has 3 N–H and O–H groups in total. The van der Waals surface area contributed by atoms with Crippen LogP contribution in [-0.4, -0.2) is 4.98 Å². The normalized spacial score (nSPS) is 9.83. The number of aryl methyl sites for hydroxylation is 1. The number of nitrogens with two attached hydrogens (primary N) is 1. The van der Waals surface area contributed by atoms with Gasteiger partial charge in [-0.05, 0) is 46.6 Å². The Kier molecular flexibility index (Phi) is 3.49. The lowest BCUT2D eigenvalue weighted by molar-refractivity contribution is 1.29. The average Bonchev–Trinajstić information content (AvgIpc) is 2.35. The van der Waals surface area contributed by atoms with Gasteiger partial charge in [-0.3, -0.25) is 0 Å². The molecule has 0 saturated carbocycles. The van der Waals surface area contributed by atoms with Crippen LogP contribution in [0.5, 0.6) is 0 Å². The zero-order valence-electron chi connectivity index (χ0n) is 9.74. The van der Waals surface area contributed by atoms with Crippen LogP contribution in [0.2, 0.25) is 0 Å². The summed E-state index contributed by atoms with van der Waals surface area (Å²) in [5, 5.41) is 12.0. The molecular weight excluding hydrogens is 292 g/mol. The van der Waals surface area contributed by atoms with Gasteiger partial charge in [-0.25, -0.2) is 4.98 Å². The second-order valence-corrected chi connectivity index (χ2v) is 4.70. The first kappa shape index (κ1) is 12.4. The van der Waals surface area contributed by atoms with Gasteiger partial charge in [0.05, 0.1) is 16.9 Å². The Balaban J connectivity index is 2.38. The van der Waals surface area contributed by atoms with Crippen LogP contribution in [0.4, 0.5) is 17.2 Å². The Morgan fingerprint density at radius 2 is 2.17 bits per heavy atom. The summed E-state index contributed by atoms with van der Waals surface area (Å²) in [5.41, 5.74) is 8.63. The Bertz CT molecular complexity index is 631. The highest BCUT2D eigenvalue weighted by atomic mass is 79.9. The van der Waals surface area contributed by atoms with Crippen LogP contribution >= 0.6 is 15.9 Å². The van der Waals surface area contributed by atoms with Gasteiger partial charge >= 0.3 is 0 Å². The van der Waals surface area contributed by atoms with Crippen molar-refractivity contribution in [3.05, 3.63) is 46.1 Å². The van der Waals surface area contributed by atoms with Crippen molar-refractivity contribution in [3.63, 3.8) is 0 Å². The van der Waals surface area contributed by atoms with Crippen LogP contribution < -0.4 is 11.1 Å². The predicted octanol–water partition coefficient (Wildman–Crippen LogP) is 3.35. The number of anilines is 3. The number of halogens is 1. The largest absolute Gasteiger partial charge is 0.395 e. The van der Waals surface area contributed by atoms with E-state index in [4.69, 9.17) is 11.0 Å². The van der Waals surface area contributed by atoms with Gasteiger partial charge in [0.15, 0.2) is 5.82 Å². The summed E-state index contributed by atoms with van der Waals surface area (Å²) in [7, 11) is 0. The van der Waals surface area contributed by atoms with E-state index in [1.54, 1.807) is 12.3 Å². The number of hydrogen-bond acceptors (Lipinski definition) is 4. The fourth-order valence-corrected chi connectivity index (χ4v) is 2.11. The Morgan fingerprint density at radius 3 is 2.83 bits per heavy atom. The van der Waals surface area contributed by atoms with E-state index in [2.05, 4.69) is 26.2 Å². The number of aromatic nitrogens is 1. The predicted molar refractivity (Wildman–Crippen MR) is 75.5 cm³/mol. The Hall–Kier alpha value is -2.06. The van der Waals surface area contributed by atoms with Crippen LogP contribution in [0.1, 0.15) is 11.1 Å². The first-order chi connectivity index (χ1) is 8.61. The molecule has 0 aliphatic heterocycles. The van der Waals surface area contributed by atoms with Crippen LogP contribution in [0.15, 0.2) is 34.9 Å². The molecule has 0 unspecified atom stereocenters. The lowest BCUT2D eigenvalue weighted by atomic mass is 10.2. The lowest BCUT2D eigenvalue weighted by Gasteiger charge is -2.11. The smallest absolute Gasteiger partial charge is 0.154 e. The molecule has 0 aliphatic carbocycles. The molecule has 90 valence electrons. The number of nitrogen functional groups attached to an aromatic ring is 1. The summed E-state index contributed by atoms with van der Waals surface area (Å²) in [6, 6.07) is 9.52. The van der Waals surface area contributed by atoms with E-state index in [0.29, 0.717) is 17.1 Å². The Morgan fingerprint density at radius 1 is 1.39 bits per heavy atom. The summed E-state index contributed by atoms with van der Waals surface area (Å²) in [6.45, 7) is 2.01. The third kappa shape index (κ3) is 2.44. The van der Waals surface area contributed by atoms with Gasteiger partial charge < -0.3 is 11.1 Å². The van der Waals surface area contributed by atoms with Gasteiger partial charge in [0.25, 0.3) is 0 Å². The van der Waals surface area contributed by atoms with Crippen LogP contribution in [0.25, 0.3) is 0 Å². The summed E-state index contributed by atoms with van der Waals surface area (Å²) in [4.78, 5) is 4.14. The maximum atomic E-state index is 8.91. The molecule has 1 heterocycles. The fourth-order valence-electron chi connectivity index (χ4n) is 1.52. The van der Waals surface area contributed by atoms with Crippen molar-refractivity contribution < 1.29 is 0 Å². The van der Waals surface area contributed by atoms with Crippen LogP contribution in [-0.2, 0) is 0 Å². The van der Waals surface area contributed by atoms with Crippen molar-refractivity contribution in [2.24, 2.45) is 0 Å². The maximum absolute atomic E-state index is 8.91. The molecule has 2 aromatic rings. The highest BCUT2D eigenvalue weighted by molar-refractivity contribution is 9.10. The first-order valence-electron chi connectivity index (χ1n) is 5.29. The molecule has 0 bridgehead atoms. The minimum Gasteiger partial charge on any atom is -0.395 e. The summed E-state index contributed by atoms with van der Waals surface area (Å²) in [5.74, 6) is 0.485. The van der Waals surface area contributed by atoms with Crippen molar-refractivity contribution in [3.8, 4) is 6.07 Å². The number of nitrogens with zero attached hydrogens (tertiary/aromatic N) is 2. The molecule has 0 fully saturated rings. The molecule has 0 saturated heterocycles. The van der Waals surface area contributed by atoms with E-state index in [1.165, 1.54) is 0 Å². The molecule has 1 aromatic heterocycles. The molecule has 18 heavy (non-hydrogen) atoms. The number of benzene rings is 1. The number of nitrogens with one attached hydrogen (secondary N) is 1. The molecule has 0 amide bonds. The zero-order chi connectivity index (χ0) is 13.1. The SMILES string of the molecule is Cc1ccc(Nc2nccc(C#N)c2N)c(Br)c1. The number of rotatable bonds is 2. The minimum atomic E-state index is 0.354. The average molecular weight is 303 g/mol.